The van der Waals surface area contributed by atoms with Gasteiger partial charge < -0.3 is 11.1 Å². The first kappa shape index (κ1) is 12.9. The molecule has 1 rings (SSSR count). The highest BCUT2D eigenvalue weighted by molar-refractivity contribution is 5.59. The zero-order valence-electron chi connectivity index (χ0n) is 10.9. The van der Waals surface area contributed by atoms with E-state index in [-0.39, 0.29) is 0 Å². The first-order chi connectivity index (χ1) is 7.52. The van der Waals surface area contributed by atoms with Gasteiger partial charge in [0, 0.05) is 17.4 Å². The van der Waals surface area contributed by atoms with Gasteiger partial charge >= 0.3 is 0 Å². The lowest BCUT2D eigenvalue weighted by Gasteiger charge is -2.20. The van der Waals surface area contributed by atoms with Gasteiger partial charge in [-0.3, -0.25) is 0 Å². The highest BCUT2D eigenvalue weighted by atomic mass is 14.9. The van der Waals surface area contributed by atoms with E-state index in [0.29, 0.717) is 6.04 Å². The summed E-state index contributed by atoms with van der Waals surface area (Å²) in [6, 6.07) is 6.52. The van der Waals surface area contributed by atoms with Gasteiger partial charge in [0.1, 0.15) is 0 Å². The topological polar surface area (TPSA) is 38.0 Å². The average molecular weight is 220 g/mol. The molecule has 2 unspecified atom stereocenters. The highest BCUT2D eigenvalue weighted by Gasteiger charge is 2.08. The van der Waals surface area contributed by atoms with Crippen molar-refractivity contribution in [2.24, 2.45) is 5.92 Å². The minimum absolute atomic E-state index is 0.496. The van der Waals surface area contributed by atoms with E-state index in [2.05, 4.69) is 39.1 Å². The molecular formula is C14H24N2. The van der Waals surface area contributed by atoms with Gasteiger partial charge in [-0.1, -0.05) is 26.3 Å². The first-order valence-corrected chi connectivity index (χ1v) is 6.15. The van der Waals surface area contributed by atoms with Crippen molar-refractivity contribution in [3.05, 3.63) is 23.8 Å². The molecule has 2 nitrogen and oxygen atoms in total. The normalized spacial score (nSPS) is 14.5. The van der Waals surface area contributed by atoms with Crippen molar-refractivity contribution in [3.63, 3.8) is 0 Å². The van der Waals surface area contributed by atoms with Gasteiger partial charge in [-0.2, -0.15) is 0 Å². The smallest absolute Gasteiger partial charge is 0.0392 e. The van der Waals surface area contributed by atoms with Crippen LogP contribution in [0.5, 0.6) is 0 Å². The van der Waals surface area contributed by atoms with Crippen LogP contribution in [0, 0.1) is 12.8 Å². The lowest BCUT2D eigenvalue weighted by molar-refractivity contribution is 0.483. The third kappa shape index (κ3) is 3.76. The number of hydrogen-bond donors (Lipinski definition) is 2. The Morgan fingerprint density at radius 1 is 1.31 bits per heavy atom. The Labute approximate surface area is 99.2 Å². The van der Waals surface area contributed by atoms with Crippen LogP contribution in [-0.2, 0) is 0 Å². The molecule has 0 saturated heterocycles. The van der Waals surface area contributed by atoms with Crippen molar-refractivity contribution < 1.29 is 0 Å². The predicted octanol–water partition coefficient (Wildman–Crippen LogP) is 3.81. The molecule has 0 radical (unpaired) electrons. The maximum absolute atomic E-state index is 5.79. The molecule has 0 spiro atoms. The third-order valence-electron chi connectivity index (χ3n) is 3.12. The SMILES string of the molecule is CCC(C)CC(C)Nc1cc(N)ccc1C. The fourth-order valence-electron chi connectivity index (χ4n) is 1.89. The van der Waals surface area contributed by atoms with Gasteiger partial charge in [0.15, 0.2) is 0 Å². The fraction of sp³-hybridized carbons (Fsp3) is 0.571. The van der Waals surface area contributed by atoms with Crippen LogP contribution < -0.4 is 11.1 Å². The summed E-state index contributed by atoms with van der Waals surface area (Å²) in [5.74, 6) is 0.767. The summed E-state index contributed by atoms with van der Waals surface area (Å²) in [7, 11) is 0. The Kier molecular flexibility index (Phi) is 4.66. The minimum atomic E-state index is 0.496. The number of nitrogens with two attached hydrogens (primary N) is 1. The quantitative estimate of drug-likeness (QED) is 0.740. The maximum Gasteiger partial charge on any atom is 0.0392 e. The molecular weight excluding hydrogens is 196 g/mol. The number of benzene rings is 1. The molecule has 2 heteroatoms. The molecule has 0 aromatic heterocycles. The summed E-state index contributed by atoms with van der Waals surface area (Å²) in [5.41, 5.74) is 9.03. The molecule has 16 heavy (non-hydrogen) atoms. The largest absolute Gasteiger partial charge is 0.399 e. The zero-order valence-corrected chi connectivity index (χ0v) is 10.9. The fourth-order valence-corrected chi connectivity index (χ4v) is 1.89. The molecule has 0 aliphatic heterocycles. The number of nitrogen functional groups attached to an aromatic ring is 1. The van der Waals surface area contributed by atoms with E-state index in [1.807, 2.05) is 12.1 Å². The van der Waals surface area contributed by atoms with Crippen molar-refractivity contribution >= 4 is 11.4 Å². The number of hydrogen-bond acceptors (Lipinski definition) is 2. The van der Waals surface area contributed by atoms with Crippen LogP contribution in [0.1, 0.15) is 39.2 Å². The van der Waals surface area contributed by atoms with E-state index < -0.39 is 0 Å². The highest BCUT2D eigenvalue weighted by Crippen LogP contribution is 2.21. The van der Waals surface area contributed by atoms with Crippen LogP contribution in [0.4, 0.5) is 11.4 Å². The zero-order chi connectivity index (χ0) is 12.1. The molecule has 0 saturated carbocycles. The second kappa shape index (κ2) is 5.78. The van der Waals surface area contributed by atoms with Crippen molar-refractivity contribution in [2.45, 2.75) is 46.6 Å². The maximum atomic E-state index is 5.79. The van der Waals surface area contributed by atoms with E-state index >= 15 is 0 Å². The summed E-state index contributed by atoms with van der Waals surface area (Å²) in [6.45, 7) is 8.88. The molecule has 0 amide bonds. The Balaban J connectivity index is 2.61. The molecule has 90 valence electrons. The number of nitrogens with one attached hydrogen (secondary N) is 1. The van der Waals surface area contributed by atoms with E-state index in [0.717, 1.165) is 17.3 Å². The third-order valence-corrected chi connectivity index (χ3v) is 3.12. The summed E-state index contributed by atoms with van der Waals surface area (Å²) in [6.07, 6.45) is 2.44. The van der Waals surface area contributed by atoms with Gasteiger partial charge in [-0.05, 0) is 43.9 Å². The van der Waals surface area contributed by atoms with Crippen LogP contribution in [0.25, 0.3) is 0 Å². The molecule has 1 aromatic rings. The molecule has 0 heterocycles. The minimum Gasteiger partial charge on any atom is -0.399 e. The number of rotatable bonds is 5. The monoisotopic (exact) mass is 220 g/mol. The van der Waals surface area contributed by atoms with Crippen LogP contribution in [0.3, 0.4) is 0 Å². The Hall–Kier alpha value is -1.18. The standard InChI is InChI=1S/C14H24N2/c1-5-10(2)8-12(4)16-14-9-13(15)7-6-11(14)3/h6-7,9-10,12,16H,5,8,15H2,1-4H3. The lowest BCUT2D eigenvalue weighted by Crippen LogP contribution is -2.18. The summed E-state index contributed by atoms with van der Waals surface area (Å²) >= 11 is 0. The number of aryl methyl sites for hydroxylation is 1. The Morgan fingerprint density at radius 3 is 2.62 bits per heavy atom. The molecule has 0 fully saturated rings. The Morgan fingerprint density at radius 2 is 2.00 bits per heavy atom. The van der Waals surface area contributed by atoms with Crippen LogP contribution in [0.2, 0.25) is 0 Å². The summed E-state index contributed by atoms with van der Waals surface area (Å²) in [4.78, 5) is 0. The molecule has 2 atom stereocenters. The van der Waals surface area contributed by atoms with E-state index in [9.17, 15) is 0 Å². The molecule has 0 bridgehead atoms. The van der Waals surface area contributed by atoms with Gasteiger partial charge in [-0.15, -0.1) is 0 Å². The van der Waals surface area contributed by atoms with Gasteiger partial charge in [0.2, 0.25) is 0 Å². The van der Waals surface area contributed by atoms with E-state index in [1.54, 1.807) is 0 Å². The first-order valence-electron chi connectivity index (χ1n) is 6.15. The van der Waals surface area contributed by atoms with Gasteiger partial charge in [0.05, 0.1) is 0 Å². The predicted molar refractivity (Wildman–Crippen MR) is 72.7 cm³/mol. The second-order valence-electron chi connectivity index (χ2n) is 4.87. The molecule has 0 aliphatic rings. The molecule has 0 aliphatic carbocycles. The van der Waals surface area contributed by atoms with Crippen LogP contribution >= 0.6 is 0 Å². The van der Waals surface area contributed by atoms with E-state index in [4.69, 9.17) is 5.73 Å². The second-order valence-corrected chi connectivity index (χ2v) is 4.87. The van der Waals surface area contributed by atoms with Crippen molar-refractivity contribution in [3.8, 4) is 0 Å². The number of anilines is 2. The summed E-state index contributed by atoms with van der Waals surface area (Å²) < 4.78 is 0. The van der Waals surface area contributed by atoms with Crippen molar-refractivity contribution in [1.29, 1.82) is 0 Å². The van der Waals surface area contributed by atoms with Gasteiger partial charge in [-0.25, -0.2) is 0 Å². The molecule has 3 N–H and O–H groups in total. The average Bonchev–Trinajstić information content (AvgIpc) is 2.23. The molecule has 1 aromatic carbocycles. The Bertz CT molecular complexity index is 334. The van der Waals surface area contributed by atoms with Crippen LogP contribution in [0.15, 0.2) is 18.2 Å². The summed E-state index contributed by atoms with van der Waals surface area (Å²) in [5, 5.41) is 3.54. The van der Waals surface area contributed by atoms with E-state index in [1.165, 1.54) is 18.4 Å². The van der Waals surface area contributed by atoms with Crippen molar-refractivity contribution in [1.82, 2.24) is 0 Å². The van der Waals surface area contributed by atoms with Crippen LogP contribution in [-0.4, -0.2) is 6.04 Å². The van der Waals surface area contributed by atoms with Crippen molar-refractivity contribution in [2.75, 3.05) is 11.1 Å². The lowest BCUT2D eigenvalue weighted by atomic mass is 10.00. The van der Waals surface area contributed by atoms with Gasteiger partial charge in [0.25, 0.3) is 0 Å².